The fraction of sp³-hybridized carbons (Fsp3) is 0.357. The smallest absolute Gasteiger partial charge is 0.0938 e. The van der Waals surface area contributed by atoms with Crippen molar-refractivity contribution in [3.63, 3.8) is 0 Å². The Balaban J connectivity index is 2.40. The normalized spacial score (nSPS) is 14.3. The van der Waals surface area contributed by atoms with E-state index in [0.717, 1.165) is 15.9 Å². The number of halogens is 3. The Morgan fingerprint density at radius 2 is 2.05 bits per heavy atom. The average Bonchev–Trinajstić information content (AvgIpc) is 2.55. The molecular formula is C14H15BrCl2N2O. The molecule has 0 saturated heterocycles. The van der Waals surface area contributed by atoms with Crippen LogP contribution in [0.2, 0.25) is 10.0 Å². The molecule has 0 aliphatic rings. The number of rotatable bonds is 3. The van der Waals surface area contributed by atoms with Crippen LogP contribution < -0.4 is 0 Å². The predicted molar refractivity (Wildman–Crippen MR) is 85.4 cm³/mol. The number of aryl methyl sites for hydroxylation is 2. The number of benzene rings is 1. The van der Waals surface area contributed by atoms with Crippen molar-refractivity contribution in [3.05, 3.63) is 49.7 Å². The zero-order chi connectivity index (χ0) is 15.1. The molecule has 0 bridgehead atoms. The van der Waals surface area contributed by atoms with Crippen LogP contribution in [0.1, 0.15) is 23.9 Å². The van der Waals surface area contributed by atoms with E-state index in [4.69, 9.17) is 23.2 Å². The third-order valence-corrected chi connectivity index (χ3v) is 4.58. The minimum Gasteiger partial charge on any atom is -0.385 e. The lowest BCUT2D eigenvalue weighted by Crippen LogP contribution is -2.26. The highest BCUT2D eigenvalue weighted by molar-refractivity contribution is 9.10. The van der Waals surface area contributed by atoms with E-state index in [9.17, 15) is 5.11 Å². The van der Waals surface area contributed by atoms with Crippen LogP contribution in [0.5, 0.6) is 0 Å². The van der Waals surface area contributed by atoms with Crippen LogP contribution in [0.4, 0.5) is 0 Å². The molecule has 1 atom stereocenters. The van der Waals surface area contributed by atoms with Gasteiger partial charge >= 0.3 is 0 Å². The van der Waals surface area contributed by atoms with Gasteiger partial charge in [-0.25, -0.2) is 0 Å². The molecule has 0 radical (unpaired) electrons. The molecular weight excluding hydrogens is 363 g/mol. The summed E-state index contributed by atoms with van der Waals surface area (Å²) in [6.45, 7) is 3.56. The van der Waals surface area contributed by atoms with E-state index < -0.39 is 5.60 Å². The fourth-order valence-electron chi connectivity index (χ4n) is 2.22. The van der Waals surface area contributed by atoms with Crippen molar-refractivity contribution >= 4 is 39.1 Å². The standard InChI is InChI=1S/C14H15BrCl2N2O/c1-8-13(17)12(19(3)18-8)7-14(2,20)10-5-4-9(15)6-11(10)16/h4-6,20H,7H2,1-3H3. The Bertz CT molecular complexity index is 653. The number of aromatic nitrogens is 2. The van der Waals surface area contributed by atoms with Crippen LogP contribution in [-0.2, 0) is 19.1 Å². The molecule has 0 aliphatic heterocycles. The molecule has 0 amide bonds. The molecule has 1 aromatic carbocycles. The van der Waals surface area contributed by atoms with Crippen molar-refractivity contribution in [1.82, 2.24) is 9.78 Å². The molecule has 108 valence electrons. The molecule has 6 heteroatoms. The van der Waals surface area contributed by atoms with Crippen molar-refractivity contribution in [1.29, 1.82) is 0 Å². The summed E-state index contributed by atoms with van der Waals surface area (Å²) >= 11 is 15.8. The second-order valence-corrected chi connectivity index (χ2v) is 6.75. The Kier molecular flexibility index (Phi) is 4.50. The van der Waals surface area contributed by atoms with E-state index in [0.29, 0.717) is 22.0 Å². The van der Waals surface area contributed by atoms with Gasteiger partial charge in [-0.15, -0.1) is 0 Å². The van der Waals surface area contributed by atoms with Gasteiger partial charge < -0.3 is 5.11 Å². The van der Waals surface area contributed by atoms with E-state index in [1.807, 2.05) is 26.1 Å². The zero-order valence-electron chi connectivity index (χ0n) is 11.4. The first-order valence-electron chi connectivity index (χ1n) is 6.08. The third kappa shape index (κ3) is 3.03. The highest BCUT2D eigenvalue weighted by Gasteiger charge is 2.29. The fourth-order valence-corrected chi connectivity index (χ4v) is 3.32. The van der Waals surface area contributed by atoms with Gasteiger partial charge in [-0.1, -0.05) is 45.2 Å². The summed E-state index contributed by atoms with van der Waals surface area (Å²) in [6, 6.07) is 5.43. The lowest BCUT2D eigenvalue weighted by molar-refractivity contribution is 0.0557. The van der Waals surface area contributed by atoms with Crippen LogP contribution in [-0.4, -0.2) is 14.9 Å². The van der Waals surface area contributed by atoms with Crippen LogP contribution in [0.25, 0.3) is 0 Å². The maximum absolute atomic E-state index is 10.8. The van der Waals surface area contributed by atoms with Crippen LogP contribution in [0.3, 0.4) is 0 Å². The van der Waals surface area contributed by atoms with Crippen LogP contribution in [0.15, 0.2) is 22.7 Å². The van der Waals surface area contributed by atoms with Gasteiger partial charge in [-0.3, -0.25) is 4.68 Å². The Morgan fingerprint density at radius 3 is 2.55 bits per heavy atom. The molecule has 3 nitrogen and oxygen atoms in total. The van der Waals surface area contributed by atoms with Gasteiger partial charge in [0.25, 0.3) is 0 Å². The van der Waals surface area contributed by atoms with Gasteiger partial charge in [0.2, 0.25) is 0 Å². The third-order valence-electron chi connectivity index (χ3n) is 3.28. The van der Waals surface area contributed by atoms with Gasteiger partial charge in [0.15, 0.2) is 0 Å². The maximum Gasteiger partial charge on any atom is 0.0938 e. The monoisotopic (exact) mass is 376 g/mol. The summed E-state index contributed by atoms with van der Waals surface area (Å²) in [5.74, 6) is 0. The minimum atomic E-state index is -1.12. The molecule has 2 rings (SSSR count). The van der Waals surface area contributed by atoms with E-state index in [1.54, 1.807) is 17.7 Å². The molecule has 1 aromatic heterocycles. The summed E-state index contributed by atoms with van der Waals surface area (Å²) in [4.78, 5) is 0. The second kappa shape index (κ2) is 5.68. The van der Waals surface area contributed by atoms with Gasteiger partial charge in [-0.05, 0) is 26.0 Å². The minimum absolute atomic E-state index is 0.338. The lowest BCUT2D eigenvalue weighted by Gasteiger charge is -2.25. The predicted octanol–water partition coefficient (Wildman–Crippen LogP) is 4.25. The molecule has 2 aromatic rings. The maximum atomic E-state index is 10.8. The number of hydrogen-bond donors (Lipinski definition) is 1. The van der Waals surface area contributed by atoms with Crippen molar-refractivity contribution in [2.24, 2.45) is 7.05 Å². The molecule has 1 N–H and O–H groups in total. The molecule has 0 saturated carbocycles. The molecule has 20 heavy (non-hydrogen) atoms. The number of aliphatic hydroxyl groups is 1. The Labute approximate surface area is 136 Å². The van der Waals surface area contributed by atoms with Gasteiger partial charge in [0, 0.05) is 28.5 Å². The zero-order valence-corrected chi connectivity index (χ0v) is 14.5. The van der Waals surface area contributed by atoms with E-state index in [1.165, 1.54) is 0 Å². The summed E-state index contributed by atoms with van der Waals surface area (Å²) in [6.07, 6.45) is 0.338. The van der Waals surface area contributed by atoms with Gasteiger partial charge in [0.05, 0.1) is 22.0 Å². The van der Waals surface area contributed by atoms with Crippen molar-refractivity contribution in [3.8, 4) is 0 Å². The van der Waals surface area contributed by atoms with E-state index in [-0.39, 0.29) is 0 Å². The van der Waals surface area contributed by atoms with E-state index >= 15 is 0 Å². The van der Waals surface area contributed by atoms with Crippen molar-refractivity contribution in [2.45, 2.75) is 25.9 Å². The number of hydrogen-bond acceptors (Lipinski definition) is 2. The highest BCUT2D eigenvalue weighted by atomic mass is 79.9. The molecule has 0 spiro atoms. The summed E-state index contributed by atoms with van der Waals surface area (Å²) in [5, 5.41) is 16.1. The molecule has 0 fully saturated rings. The van der Waals surface area contributed by atoms with Crippen LogP contribution in [0, 0.1) is 6.92 Å². The van der Waals surface area contributed by atoms with Crippen LogP contribution >= 0.6 is 39.1 Å². The first kappa shape index (κ1) is 15.8. The number of nitrogens with zero attached hydrogens (tertiary/aromatic N) is 2. The Morgan fingerprint density at radius 1 is 1.40 bits per heavy atom. The van der Waals surface area contributed by atoms with Crippen molar-refractivity contribution in [2.75, 3.05) is 0 Å². The largest absolute Gasteiger partial charge is 0.385 e. The summed E-state index contributed by atoms with van der Waals surface area (Å²) in [5.41, 5.74) is 1.08. The first-order chi connectivity index (χ1) is 9.22. The SMILES string of the molecule is Cc1nn(C)c(CC(C)(O)c2ccc(Br)cc2Cl)c1Cl. The summed E-state index contributed by atoms with van der Waals surface area (Å²) < 4.78 is 2.57. The average molecular weight is 378 g/mol. The van der Waals surface area contributed by atoms with E-state index in [2.05, 4.69) is 21.0 Å². The molecule has 1 heterocycles. The van der Waals surface area contributed by atoms with Crippen molar-refractivity contribution < 1.29 is 5.11 Å². The van der Waals surface area contributed by atoms with Gasteiger partial charge in [-0.2, -0.15) is 5.10 Å². The molecule has 0 aliphatic carbocycles. The highest BCUT2D eigenvalue weighted by Crippen LogP contribution is 2.34. The first-order valence-corrected chi connectivity index (χ1v) is 7.63. The molecule has 1 unspecified atom stereocenters. The topological polar surface area (TPSA) is 38.0 Å². The lowest BCUT2D eigenvalue weighted by atomic mass is 9.91. The summed E-state index contributed by atoms with van der Waals surface area (Å²) in [7, 11) is 1.81. The second-order valence-electron chi connectivity index (χ2n) is 5.04. The quantitative estimate of drug-likeness (QED) is 0.868. The Hall–Kier alpha value is -0.550. The van der Waals surface area contributed by atoms with Gasteiger partial charge in [0.1, 0.15) is 0 Å².